The van der Waals surface area contributed by atoms with E-state index >= 15 is 0 Å². The predicted molar refractivity (Wildman–Crippen MR) is 174 cm³/mol. The highest BCUT2D eigenvalue weighted by Crippen LogP contribution is 2.42. The van der Waals surface area contributed by atoms with E-state index in [0.29, 0.717) is 18.8 Å². The average molecular weight is 597 g/mol. The molecule has 1 N–H and O–H groups in total. The number of aliphatic hydroxyl groups is 1. The molecule has 0 spiro atoms. The van der Waals surface area contributed by atoms with E-state index in [9.17, 15) is 10.4 Å². The lowest BCUT2D eigenvalue weighted by Crippen LogP contribution is -2.49. The molecule has 3 heterocycles. The number of aromatic nitrogens is 2. The smallest absolute Gasteiger partial charge is 0.128 e. The molecule has 0 amide bonds. The van der Waals surface area contributed by atoms with Crippen LogP contribution in [0.15, 0.2) is 79.3 Å². The van der Waals surface area contributed by atoms with E-state index in [1.165, 1.54) is 22.3 Å². The molecule has 7 nitrogen and oxygen atoms in total. The third kappa shape index (κ3) is 5.75. The summed E-state index contributed by atoms with van der Waals surface area (Å²) in [6, 6.07) is 23.0. The maximum Gasteiger partial charge on any atom is 0.128 e. The molecule has 0 radical (unpaired) electrons. The number of nitrogens with zero attached hydrogens (tertiary/aromatic N) is 4. The number of benzene rings is 3. The SMILES string of the molecule is Cc1c(COc2cc(OCc3cncc(C#N)c3)c(CN3CCC3CO)c3c2CCC3)cccc1-c1cccc2cccnc12. The molecule has 7 rings (SSSR count). The number of likely N-dealkylation sites (tertiary alicyclic amines) is 1. The summed E-state index contributed by atoms with van der Waals surface area (Å²) < 4.78 is 13.2. The minimum Gasteiger partial charge on any atom is -0.488 e. The second-order valence-electron chi connectivity index (χ2n) is 12.0. The van der Waals surface area contributed by atoms with Gasteiger partial charge in [-0.1, -0.05) is 42.5 Å². The number of aliphatic hydroxyl groups excluding tert-OH is 1. The summed E-state index contributed by atoms with van der Waals surface area (Å²) in [4.78, 5) is 11.2. The molecule has 3 aromatic carbocycles. The molecule has 45 heavy (non-hydrogen) atoms. The Hall–Kier alpha value is -4.77. The molecule has 1 saturated heterocycles. The Labute approximate surface area is 263 Å². The molecule has 7 heteroatoms. The van der Waals surface area contributed by atoms with Crippen molar-refractivity contribution in [2.75, 3.05) is 13.2 Å². The van der Waals surface area contributed by atoms with Gasteiger partial charge in [0.25, 0.3) is 0 Å². The van der Waals surface area contributed by atoms with E-state index in [1.807, 2.05) is 18.3 Å². The molecule has 1 atom stereocenters. The second-order valence-corrected chi connectivity index (χ2v) is 12.0. The van der Waals surface area contributed by atoms with Crippen LogP contribution in [0, 0.1) is 18.3 Å². The first-order valence-corrected chi connectivity index (χ1v) is 15.7. The average Bonchev–Trinajstić information content (AvgIpc) is 3.56. The lowest BCUT2D eigenvalue weighted by atomic mass is 9.95. The van der Waals surface area contributed by atoms with Crippen molar-refractivity contribution in [3.05, 3.63) is 118 Å². The van der Waals surface area contributed by atoms with Crippen molar-refractivity contribution in [1.82, 2.24) is 14.9 Å². The molecule has 1 aliphatic carbocycles. The third-order valence-corrected chi connectivity index (χ3v) is 9.35. The van der Waals surface area contributed by atoms with E-state index in [2.05, 4.69) is 76.4 Å². The Bertz CT molecular complexity index is 1910. The Morgan fingerprint density at radius 2 is 1.78 bits per heavy atom. The Kier molecular flexibility index (Phi) is 8.17. The first-order valence-electron chi connectivity index (χ1n) is 15.7. The molecular formula is C38H36N4O3. The number of ether oxygens (including phenoxy) is 2. The number of nitriles is 1. The lowest BCUT2D eigenvalue weighted by Gasteiger charge is -2.40. The van der Waals surface area contributed by atoms with Crippen LogP contribution in [-0.4, -0.2) is 39.2 Å². The summed E-state index contributed by atoms with van der Waals surface area (Å²) in [7, 11) is 0. The number of hydrogen-bond acceptors (Lipinski definition) is 7. The zero-order chi connectivity index (χ0) is 30.8. The van der Waals surface area contributed by atoms with E-state index in [4.69, 9.17) is 9.47 Å². The summed E-state index contributed by atoms with van der Waals surface area (Å²) in [6.07, 6.45) is 9.17. The molecule has 0 bridgehead atoms. The molecule has 1 unspecified atom stereocenters. The molecule has 226 valence electrons. The van der Waals surface area contributed by atoms with Gasteiger partial charge in [0.05, 0.1) is 17.7 Å². The first-order chi connectivity index (χ1) is 22.1. The number of fused-ring (bicyclic) bond motifs is 2. The van der Waals surface area contributed by atoms with Crippen molar-refractivity contribution in [3.8, 4) is 28.7 Å². The van der Waals surface area contributed by atoms with Crippen LogP contribution in [0.4, 0.5) is 0 Å². The van der Waals surface area contributed by atoms with Crippen molar-refractivity contribution in [2.45, 2.75) is 58.4 Å². The number of rotatable bonds is 10. The normalized spacial score (nSPS) is 15.8. The lowest BCUT2D eigenvalue weighted by molar-refractivity contribution is 0.0346. The van der Waals surface area contributed by atoms with Gasteiger partial charge in [-0.15, -0.1) is 0 Å². The van der Waals surface area contributed by atoms with Gasteiger partial charge in [0.2, 0.25) is 0 Å². The van der Waals surface area contributed by atoms with E-state index in [1.54, 1.807) is 12.4 Å². The van der Waals surface area contributed by atoms with E-state index in [0.717, 1.165) is 83.4 Å². The van der Waals surface area contributed by atoms with Crippen molar-refractivity contribution in [3.63, 3.8) is 0 Å². The van der Waals surface area contributed by atoms with Crippen LogP contribution in [0.1, 0.15) is 51.8 Å². The van der Waals surface area contributed by atoms with Crippen LogP contribution in [0.5, 0.6) is 11.5 Å². The minimum atomic E-state index is 0.166. The largest absolute Gasteiger partial charge is 0.488 e. The second kappa shape index (κ2) is 12.7. The molecule has 0 saturated carbocycles. The third-order valence-electron chi connectivity index (χ3n) is 9.35. The van der Waals surface area contributed by atoms with Crippen molar-refractivity contribution in [1.29, 1.82) is 5.26 Å². The van der Waals surface area contributed by atoms with Gasteiger partial charge < -0.3 is 14.6 Å². The Morgan fingerprint density at radius 3 is 2.62 bits per heavy atom. The fourth-order valence-electron chi connectivity index (χ4n) is 6.73. The summed E-state index contributed by atoms with van der Waals surface area (Å²) >= 11 is 0. The molecule has 1 aliphatic heterocycles. The van der Waals surface area contributed by atoms with Crippen LogP contribution >= 0.6 is 0 Å². The van der Waals surface area contributed by atoms with Crippen LogP contribution in [-0.2, 0) is 32.6 Å². The van der Waals surface area contributed by atoms with Gasteiger partial charge in [-0.25, -0.2) is 0 Å². The monoisotopic (exact) mass is 596 g/mol. The molecule has 1 fully saturated rings. The molecule has 2 aliphatic rings. The quantitative estimate of drug-likeness (QED) is 0.192. The van der Waals surface area contributed by atoms with E-state index in [-0.39, 0.29) is 12.6 Å². The highest BCUT2D eigenvalue weighted by Gasteiger charge is 2.31. The summed E-state index contributed by atoms with van der Waals surface area (Å²) in [5, 5.41) is 20.3. The van der Waals surface area contributed by atoms with E-state index < -0.39 is 0 Å². The standard InChI is InChI=1S/C38H36N4O3/c1-25-29(7-3-9-31(25)34-12-2-6-28-8-5-14-41-38(28)34)24-45-36-17-37(44-23-27-16-26(18-39)19-40-20-27)35(32-10-4-11-33(32)36)21-42-15-13-30(42)22-43/h2-3,5-9,12,14,16-17,19-20,30,43H,4,10-11,13,15,21-24H2,1H3. The number of para-hydroxylation sites is 1. The van der Waals surface area contributed by atoms with Crippen molar-refractivity contribution >= 4 is 10.9 Å². The highest BCUT2D eigenvalue weighted by atomic mass is 16.5. The van der Waals surface area contributed by atoms with Crippen LogP contribution in [0.2, 0.25) is 0 Å². The predicted octanol–water partition coefficient (Wildman–Crippen LogP) is 6.69. The summed E-state index contributed by atoms with van der Waals surface area (Å²) in [5.41, 5.74) is 10.7. The maximum absolute atomic E-state index is 9.86. The molecular weight excluding hydrogens is 560 g/mol. The van der Waals surface area contributed by atoms with Gasteiger partial charge in [-0.2, -0.15) is 5.26 Å². The van der Waals surface area contributed by atoms with Crippen molar-refractivity contribution < 1.29 is 14.6 Å². The number of pyridine rings is 2. The highest BCUT2D eigenvalue weighted by molar-refractivity contribution is 5.94. The maximum atomic E-state index is 9.86. The van der Waals surface area contributed by atoms with Gasteiger partial charge in [0, 0.05) is 65.9 Å². The van der Waals surface area contributed by atoms with Gasteiger partial charge in [-0.05, 0) is 72.6 Å². The fraction of sp³-hybridized carbons (Fsp3) is 0.289. The van der Waals surface area contributed by atoms with Crippen molar-refractivity contribution in [2.24, 2.45) is 0 Å². The minimum absolute atomic E-state index is 0.166. The zero-order valence-corrected chi connectivity index (χ0v) is 25.5. The summed E-state index contributed by atoms with van der Waals surface area (Å²) in [6.45, 7) is 4.77. The number of hydrogen-bond donors (Lipinski definition) is 1. The molecule has 2 aromatic heterocycles. The van der Waals surface area contributed by atoms with Gasteiger partial charge in [0.1, 0.15) is 30.8 Å². The summed E-state index contributed by atoms with van der Waals surface area (Å²) in [5.74, 6) is 1.66. The molecule has 5 aromatic rings. The Morgan fingerprint density at radius 1 is 0.956 bits per heavy atom. The zero-order valence-electron chi connectivity index (χ0n) is 25.5. The topological polar surface area (TPSA) is 91.5 Å². The fourth-order valence-corrected chi connectivity index (χ4v) is 6.73. The van der Waals surface area contributed by atoms with Gasteiger partial charge in [0.15, 0.2) is 0 Å². The van der Waals surface area contributed by atoms with Crippen LogP contribution < -0.4 is 9.47 Å². The van der Waals surface area contributed by atoms with Gasteiger partial charge in [-0.3, -0.25) is 14.9 Å². The Balaban J connectivity index is 1.20. The van der Waals surface area contributed by atoms with Gasteiger partial charge >= 0.3 is 0 Å². The first kappa shape index (κ1) is 29.0. The van der Waals surface area contributed by atoms with Crippen LogP contribution in [0.3, 0.4) is 0 Å². The van der Waals surface area contributed by atoms with Crippen LogP contribution in [0.25, 0.3) is 22.0 Å².